The first-order valence-electron chi connectivity index (χ1n) is 7.00. The molecule has 20 heavy (non-hydrogen) atoms. The fraction of sp³-hybridized carbons (Fsp3) is 0.467. The van der Waals surface area contributed by atoms with Crippen molar-refractivity contribution in [1.29, 1.82) is 0 Å². The minimum Gasteiger partial charge on any atom is -0.294 e. The molecule has 0 spiro atoms. The van der Waals surface area contributed by atoms with Gasteiger partial charge in [-0.2, -0.15) is 11.8 Å². The van der Waals surface area contributed by atoms with Crippen LogP contribution >= 0.6 is 23.4 Å². The van der Waals surface area contributed by atoms with E-state index in [1.54, 1.807) is 0 Å². The number of hydrogen-bond donors (Lipinski definition) is 0. The molecule has 0 aliphatic heterocycles. The van der Waals surface area contributed by atoms with Gasteiger partial charge >= 0.3 is 0 Å². The Morgan fingerprint density at radius 3 is 2.65 bits per heavy atom. The lowest BCUT2D eigenvalue weighted by molar-refractivity contribution is 0.367. The molecule has 0 N–H and O–H groups in total. The highest BCUT2D eigenvalue weighted by Crippen LogP contribution is 2.39. The summed E-state index contributed by atoms with van der Waals surface area (Å²) in [5, 5.41) is 9.51. The number of rotatable bonds is 3. The summed E-state index contributed by atoms with van der Waals surface area (Å²) >= 11 is 8.26. The van der Waals surface area contributed by atoms with Gasteiger partial charge in [0.25, 0.3) is 0 Å². The zero-order valence-corrected chi connectivity index (χ0v) is 13.1. The van der Waals surface area contributed by atoms with Crippen molar-refractivity contribution in [1.82, 2.24) is 14.8 Å². The molecule has 2 aromatic rings. The van der Waals surface area contributed by atoms with Gasteiger partial charge in [0.05, 0.1) is 0 Å². The highest BCUT2D eigenvalue weighted by molar-refractivity contribution is 7.99. The van der Waals surface area contributed by atoms with Crippen molar-refractivity contribution < 1.29 is 0 Å². The molecule has 1 heterocycles. The minimum absolute atomic E-state index is 0.399. The maximum Gasteiger partial charge on any atom is 0.225 e. The number of aromatic nitrogens is 3. The topological polar surface area (TPSA) is 30.7 Å². The Hall–Kier alpha value is -1.00. The minimum atomic E-state index is 0.399. The van der Waals surface area contributed by atoms with E-state index in [9.17, 15) is 0 Å². The molecule has 3 nitrogen and oxygen atoms in total. The Kier molecular flexibility index (Phi) is 4.32. The quantitative estimate of drug-likeness (QED) is 0.839. The van der Waals surface area contributed by atoms with Gasteiger partial charge in [0.2, 0.25) is 5.28 Å². The van der Waals surface area contributed by atoms with E-state index < -0.39 is 0 Å². The van der Waals surface area contributed by atoms with Gasteiger partial charge in [-0.15, -0.1) is 10.2 Å². The Morgan fingerprint density at radius 1 is 1.15 bits per heavy atom. The normalized spacial score (nSPS) is 22.9. The molecule has 3 rings (SSSR count). The number of thioether (sulfide) groups is 1. The lowest BCUT2D eigenvalue weighted by Gasteiger charge is -2.32. The van der Waals surface area contributed by atoms with Crippen LogP contribution in [0.4, 0.5) is 0 Å². The molecule has 1 aromatic carbocycles. The van der Waals surface area contributed by atoms with Crippen LogP contribution in [0.3, 0.4) is 0 Å². The van der Waals surface area contributed by atoms with Crippen molar-refractivity contribution in [2.45, 2.75) is 37.0 Å². The molecule has 1 saturated carbocycles. The Morgan fingerprint density at radius 2 is 1.90 bits per heavy atom. The Labute approximate surface area is 128 Å². The molecule has 2 atom stereocenters. The lowest BCUT2D eigenvalue weighted by Crippen LogP contribution is -2.26. The zero-order chi connectivity index (χ0) is 13.9. The van der Waals surface area contributed by atoms with Crippen molar-refractivity contribution in [2.24, 2.45) is 0 Å². The van der Waals surface area contributed by atoms with Gasteiger partial charge in [0.1, 0.15) is 0 Å². The highest BCUT2D eigenvalue weighted by Gasteiger charge is 2.30. The predicted molar refractivity (Wildman–Crippen MR) is 85.3 cm³/mol. The molecule has 106 valence electrons. The Bertz CT molecular complexity index is 570. The number of halogens is 1. The van der Waals surface area contributed by atoms with Crippen LogP contribution in [0, 0.1) is 0 Å². The molecule has 0 radical (unpaired) electrons. The van der Waals surface area contributed by atoms with Crippen LogP contribution in [-0.2, 0) is 0 Å². The average molecular weight is 308 g/mol. The summed E-state index contributed by atoms with van der Waals surface area (Å²) in [4.78, 5) is 0. The highest BCUT2D eigenvalue weighted by atomic mass is 35.5. The summed E-state index contributed by atoms with van der Waals surface area (Å²) in [6.07, 6.45) is 7.15. The summed E-state index contributed by atoms with van der Waals surface area (Å²) in [5.74, 6) is 0.890. The molecule has 1 fully saturated rings. The first-order chi connectivity index (χ1) is 9.81. The second kappa shape index (κ2) is 6.19. The van der Waals surface area contributed by atoms with Gasteiger partial charge in [-0.1, -0.05) is 43.2 Å². The molecule has 0 saturated heterocycles. The molecule has 5 heteroatoms. The van der Waals surface area contributed by atoms with E-state index in [-0.39, 0.29) is 0 Å². The van der Waals surface area contributed by atoms with Crippen LogP contribution in [0.2, 0.25) is 5.28 Å². The summed E-state index contributed by atoms with van der Waals surface area (Å²) in [6.45, 7) is 0. The SMILES string of the molecule is CSC1CCCCC1n1c(Cl)nnc1-c1ccccc1. The molecule has 1 aliphatic carbocycles. The fourth-order valence-electron chi connectivity index (χ4n) is 3.00. The standard InChI is InChI=1S/C15H18ClN3S/c1-20-13-10-6-5-9-12(13)19-14(17-18-15(19)16)11-7-3-2-4-8-11/h2-4,7-8,12-13H,5-6,9-10H2,1H3. The van der Waals surface area contributed by atoms with Gasteiger partial charge in [0, 0.05) is 16.9 Å². The monoisotopic (exact) mass is 307 g/mol. The lowest BCUT2D eigenvalue weighted by atomic mass is 9.94. The van der Waals surface area contributed by atoms with Crippen molar-refractivity contribution in [3.05, 3.63) is 35.6 Å². The summed E-state index contributed by atoms with van der Waals surface area (Å²) in [7, 11) is 0. The zero-order valence-electron chi connectivity index (χ0n) is 11.5. The molecule has 1 aromatic heterocycles. The second-order valence-electron chi connectivity index (χ2n) is 5.15. The molecular formula is C15H18ClN3S. The van der Waals surface area contributed by atoms with Crippen molar-refractivity contribution in [3.63, 3.8) is 0 Å². The largest absolute Gasteiger partial charge is 0.294 e. The smallest absolute Gasteiger partial charge is 0.225 e. The van der Waals surface area contributed by atoms with Gasteiger partial charge < -0.3 is 0 Å². The number of nitrogens with zero attached hydrogens (tertiary/aromatic N) is 3. The third kappa shape index (κ3) is 2.59. The molecule has 2 unspecified atom stereocenters. The fourth-order valence-corrected chi connectivity index (χ4v) is 4.22. The van der Waals surface area contributed by atoms with Gasteiger partial charge in [-0.05, 0) is 30.7 Å². The van der Waals surface area contributed by atoms with Crippen LogP contribution in [0.5, 0.6) is 0 Å². The van der Waals surface area contributed by atoms with E-state index in [1.807, 2.05) is 30.0 Å². The van der Waals surface area contributed by atoms with Gasteiger partial charge in [-0.25, -0.2) is 0 Å². The van der Waals surface area contributed by atoms with Crippen LogP contribution in [-0.4, -0.2) is 26.3 Å². The molecule has 0 bridgehead atoms. The third-order valence-corrected chi connectivity index (χ3v) is 5.40. The van der Waals surface area contributed by atoms with Crippen LogP contribution in [0.25, 0.3) is 11.4 Å². The first-order valence-corrected chi connectivity index (χ1v) is 8.66. The van der Waals surface area contributed by atoms with Crippen molar-refractivity contribution in [2.75, 3.05) is 6.26 Å². The van der Waals surface area contributed by atoms with Crippen molar-refractivity contribution in [3.8, 4) is 11.4 Å². The maximum atomic E-state index is 6.33. The van der Waals surface area contributed by atoms with Crippen LogP contribution in [0.1, 0.15) is 31.7 Å². The maximum absolute atomic E-state index is 6.33. The summed E-state index contributed by atoms with van der Waals surface area (Å²) in [6, 6.07) is 10.6. The van der Waals surface area contributed by atoms with E-state index in [4.69, 9.17) is 11.6 Å². The van der Waals surface area contributed by atoms with Gasteiger partial charge in [0.15, 0.2) is 5.82 Å². The van der Waals surface area contributed by atoms with E-state index in [2.05, 4.69) is 33.2 Å². The number of benzene rings is 1. The van der Waals surface area contributed by atoms with Crippen LogP contribution < -0.4 is 0 Å². The van der Waals surface area contributed by atoms with Crippen LogP contribution in [0.15, 0.2) is 30.3 Å². The second-order valence-corrected chi connectivity index (χ2v) is 6.57. The van der Waals surface area contributed by atoms with E-state index in [0.29, 0.717) is 16.6 Å². The first kappa shape index (κ1) is 14.0. The van der Waals surface area contributed by atoms with Gasteiger partial charge in [-0.3, -0.25) is 4.57 Å². The summed E-state index contributed by atoms with van der Waals surface area (Å²) < 4.78 is 2.14. The number of hydrogen-bond acceptors (Lipinski definition) is 3. The summed E-state index contributed by atoms with van der Waals surface area (Å²) in [5.41, 5.74) is 1.08. The van der Waals surface area contributed by atoms with Crippen molar-refractivity contribution >= 4 is 23.4 Å². The van der Waals surface area contributed by atoms with E-state index in [0.717, 1.165) is 17.8 Å². The molecule has 0 amide bonds. The Balaban J connectivity index is 2.02. The average Bonchev–Trinajstić information content (AvgIpc) is 2.89. The van der Waals surface area contributed by atoms with E-state index >= 15 is 0 Å². The van der Waals surface area contributed by atoms with E-state index in [1.165, 1.54) is 19.3 Å². The predicted octanol–water partition coefficient (Wildman–Crippen LogP) is 4.45. The molecule has 1 aliphatic rings. The third-order valence-electron chi connectivity index (χ3n) is 3.99. The molecular weight excluding hydrogens is 290 g/mol.